The number of aliphatic hydroxyl groups excluding tert-OH is 3. The first-order valence-electron chi connectivity index (χ1n) is 24.7. The van der Waals surface area contributed by atoms with Crippen LogP contribution in [0.15, 0.2) is 24.3 Å². The van der Waals surface area contributed by atoms with E-state index in [1.807, 2.05) is 6.08 Å². The SMILES string of the molecule is CCCCCCCCCCCC/C=C/C(O)C(CO)NC(=O)C(O)CCCCCCCCCCCCCCC/C=C\CCCCCCCCCCCCCC. The summed E-state index contributed by atoms with van der Waals surface area (Å²) in [6, 6.07) is -0.794. The lowest BCUT2D eigenvalue weighted by molar-refractivity contribution is -0.131. The van der Waals surface area contributed by atoms with Gasteiger partial charge in [0.15, 0.2) is 0 Å². The maximum Gasteiger partial charge on any atom is 0.249 e. The zero-order chi connectivity index (χ0) is 40.1. The van der Waals surface area contributed by atoms with Crippen LogP contribution in [-0.2, 0) is 4.79 Å². The molecule has 3 atom stereocenters. The summed E-state index contributed by atoms with van der Waals surface area (Å²) in [5, 5.41) is 33.1. The van der Waals surface area contributed by atoms with Crippen LogP contribution in [0.1, 0.15) is 264 Å². The minimum Gasteiger partial charge on any atom is -0.394 e. The molecule has 0 fully saturated rings. The first-order chi connectivity index (χ1) is 27.1. The van der Waals surface area contributed by atoms with Gasteiger partial charge in [-0.3, -0.25) is 4.79 Å². The Morgan fingerprint density at radius 2 is 0.727 bits per heavy atom. The third kappa shape index (κ3) is 40.8. The fraction of sp³-hybridized carbons (Fsp3) is 0.900. The highest BCUT2D eigenvalue weighted by molar-refractivity contribution is 5.80. The number of unbranched alkanes of at least 4 members (excludes halogenated alkanes) is 35. The molecule has 0 aromatic heterocycles. The standard InChI is InChI=1S/C50H97NO4/c1-3-5-7-9-11-13-15-17-18-19-20-21-22-23-24-25-26-27-28-29-30-31-32-33-35-37-39-41-43-45-49(54)50(55)51-47(46-52)48(53)44-42-40-38-36-34-16-14-12-10-8-6-4-2/h23-24,42,44,47-49,52-54H,3-22,25-41,43,45-46H2,1-2H3,(H,51,55)/b24-23-,44-42+. The second kappa shape index (κ2) is 45.5. The van der Waals surface area contributed by atoms with Crippen molar-refractivity contribution in [2.75, 3.05) is 6.61 Å². The fourth-order valence-corrected chi connectivity index (χ4v) is 7.65. The van der Waals surface area contributed by atoms with Crippen LogP contribution in [0.5, 0.6) is 0 Å². The summed E-state index contributed by atoms with van der Waals surface area (Å²) < 4.78 is 0. The largest absolute Gasteiger partial charge is 0.394 e. The lowest BCUT2D eigenvalue weighted by Crippen LogP contribution is -2.48. The Kier molecular flexibility index (Phi) is 44.6. The molecule has 326 valence electrons. The number of rotatable bonds is 45. The topological polar surface area (TPSA) is 89.8 Å². The number of carbonyl (C=O) groups excluding carboxylic acids is 1. The first-order valence-corrected chi connectivity index (χ1v) is 24.7. The maximum absolute atomic E-state index is 12.5. The van der Waals surface area contributed by atoms with Gasteiger partial charge in [-0.15, -0.1) is 0 Å². The molecule has 0 rings (SSSR count). The Bertz CT molecular complexity index is 814. The van der Waals surface area contributed by atoms with E-state index in [-0.39, 0.29) is 6.61 Å². The van der Waals surface area contributed by atoms with E-state index >= 15 is 0 Å². The van der Waals surface area contributed by atoms with Gasteiger partial charge in [-0.1, -0.05) is 244 Å². The van der Waals surface area contributed by atoms with Gasteiger partial charge in [-0.25, -0.2) is 0 Å². The Morgan fingerprint density at radius 3 is 1.05 bits per heavy atom. The number of amides is 1. The number of aliphatic hydroxyl groups is 3. The predicted octanol–water partition coefficient (Wildman–Crippen LogP) is 14.6. The van der Waals surface area contributed by atoms with Crippen molar-refractivity contribution in [3.05, 3.63) is 24.3 Å². The molecule has 0 aliphatic rings. The number of hydrogen-bond donors (Lipinski definition) is 4. The van der Waals surface area contributed by atoms with Gasteiger partial charge in [0.05, 0.1) is 18.8 Å². The fourth-order valence-electron chi connectivity index (χ4n) is 7.65. The van der Waals surface area contributed by atoms with E-state index in [1.165, 1.54) is 212 Å². The van der Waals surface area contributed by atoms with Crippen LogP contribution in [0.3, 0.4) is 0 Å². The van der Waals surface area contributed by atoms with Crippen molar-refractivity contribution >= 4 is 5.91 Å². The molecule has 0 aliphatic heterocycles. The molecule has 1 amide bonds. The Balaban J connectivity index is 3.53. The summed E-state index contributed by atoms with van der Waals surface area (Å²) in [6.07, 6.45) is 56.7. The van der Waals surface area contributed by atoms with Crippen molar-refractivity contribution in [2.45, 2.75) is 283 Å². The molecule has 5 nitrogen and oxygen atoms in total. The molecule has 0 aliphatic carbocycles. The molecule has 0 saturated heterocycles. The van der Waals surface area contributed by atoms with Crippen LogP contribution < -0.4 is 5.32 Å². The molecule has 0 heterocycles. The van der Waals surface area contributed by atoms with E-state index in [4.69, 9.17) is 0 Å². The van der Waals surface area contributed by atoms with Gasteiger partial charge in [0.25, 0.3) is 0 Å². The van der Waals surface area contributed by atoms with Gasteiger partial charge in [-0.2, -0.15) is 0 Å². The van der Waals surface area contributed by atoms with Crippen LogP contribution in [0.25, 0.3) is 0 Å². The summed E-state index contributed by atoms with van der Waals surface area (Å²) in [7, 11) is 0. The number of nitrogens with one attached hydrogen (secondary N) is 1. The van der Waals surface area contributed by atoms with Gasteiger partial charge >= 0.3 is 0 Å². The Labute approximate surface area is 343 Å². The van der Waals surface area contributed by atoms with E-state index in [1.54, 1.807) is 6.08 Å². The van der Waals surface area contributed by atoms with Crippen LogP contribution in [0.2, 0.25) is 0 Å². The maximum atomic E-state index is 12.5. The highest BCUT2D eigenvalue weighted by atomic mass is 16.3. The highest BCUT2D eigenvalue weighted by Crippen LogP contribution is 2.16. The normalized spacial score (nSPS) is 13.6. The molecule has 4 N–H and O–H groups in total. The highest BCUT2D eigenvalue weighted by Gasteiger charge is 2.22. The van der Waals surface area contributed by atoms with Gasteiger partial charge in [0.2, 0.25) is 5.91 Å². The molecule has 0 bridgehead atoms. The number of allylic oxidation sites excluding steroid dienone is 3. The van der Waals surface area contributed by atoms with Crippen molar-refractivity contribution in [1.29, 1.82) is 0 Å². The molecule has 0 spiro atoms. The van der Waals surface area contributed by atoms with Gasteiger partial charge < -0.3 is 20.6 Å². The van der Waals surface area contributed by atoms with E-state index < -0.39 is 24.2 Å². The van der Waals surface area contributed by atoms with Crippen LogP contribution >= 0.6 is 0 Å². The van der Waals surface area contributed by atoms with Crippen LogP contribution in [0, 0.1) is 0 Å². The molecule has 55 heavy (non-hydrogen) atoms. The summed E-state index contributed by atoms with van der Waals surface area (Å²) in [6.45, 7) is 4.19. The second-order valence-electron chi connectivity index (χ2n) is 17.0. The monoisotopic (exact) mass is 776 g/mol. The summed E-state index contributed by atoms with van der Waals surface area (Å²) in [5.41, 5.74) is 0. The molecule has 5 heteroatoms. The van der Waals surface area contributed by atoms with Gasteiger partial charge in [-0.05, 0) is 44.9 Å². The predicted molar refractivity (Wildman–Crippen MR) is 241 cm³/mol. The minimum atomic E-state index is -1.10. The summed E-state index contributed by atoms with van der Waals surface area (Å²) >= 11 is 0. The third-order valence-corrected chi connectivity index (χ3v) is 11.5. The zero-order valence-corrected chi connectivity index (χ0v) is 37.1. The van der Waals surface area contributed by atoms with Crippen molar-refractivity contribution < 1.29 is 20.1 Å². The Morgan fingerprint density at radius 1 is 0.436 bits per heavy atom. The Hall–Kier alpha value is -1.17. The van der Waals surface area contributed by atoms with E-state index in [0.29, 0.717) is 6.42 Å². The smallest absolute Gasteiger partial charge is 0.249 e. The lowest BCUT2D eigenvalue weighted by atomic mass is 10.0. The average Bonchev–Trinajstić information content (AvgIpc) is 3.19. The first kappa shape index (κ1) is 53.8. The van der Waals surface area contributed by atoms with E-state index in [0.717, 1.165) is 32.1 Å². The van der Waals surface area contributed by atoms with Crippen molar-refractivity contribution in [1.82, 2.24) is 5.32 Å². The van der Waals surface area contributed by atoms with Crippen LogP contribution in [0.4, 0.5) is 0 Å². The lowest BCUT2D eigenvalue weighted by Gasteiger charge is -2.21. The number of hydrogen-bond acceptors (Lipinski definition) is 4. The number of carbonyl (C=O) groups is 1. The summed E-state index contributed by atoms with van der Waals surface area (Å²) in [5.74, 6) is -0.502. The molecule has 0 radical (unpaired) electrons. The summed E-state index contributed by atoms with van der Waals surface area (Å²) in [4.78, 5) is 12.5. The molecule has 3 unspecified atom stereocenters. The molecular weight excluding hydrogens is 679 g/mol. The van der Waals surface area contributed by atoms with Crippen molar-refractivity contribution in [3.63, 3.8) is 0 Å². The van der Waals surface area contributed by atoms with E-state index in [2.05, 4.69) is 31.3 Å². The molecule has 0 aromatic carbocycles. The van der Waals surface area contributed by atoms with Crippen LogP contribution in [-0.4, -0.2) is 46.1 Å². The van der Waals surface area contributed by atoms with Crippen molar-refractivity contribution in [2.24, 2.45) is 0 Å². The second-order valence-corrected chi connectivity index (χ2v) is 17.0. The molecule has 0 saturated carbocycles. The van der Waals surface area contributed by atoms with Crippen molar-refractivity contribution in [3.8, 4) is 0 Å². The quantitative estimate of drug-likeness (QED) is 0.0366. The van der Waals surface area contributed by atoms with Gasteiger partial charge in [0.1, 0.15) is 6.10 Å². The van der Waals surface area contributed by atoms with Gasteiger partial charge in [0, 0.05) is 0 Å². The molecular formula is C50H97NO4. The molecule has 0 aromatic rings. The minimum absolute atomic E-state index is 0.361. The van der Waals surface area contributed by atoms with E-state index in [9.17, 15) is 20.1 Å². The average molecular weight is 776 g/mol. The zero-order valence-electron chi connectivity index (χ0n) is 37.1. The third-order valence-electron chi connectivity index (χ3n) is 11.5.